The van der Waals surface area contributed by atoms with Gasteiger partial charge in [-0.15, -0.1) is 0 Å². The number of ether oxygens (including phenoxy) is 4. The molecule has 1 aliphatic rings. The lowest BCUT2D eigenvalue weighted by molar-refractivity contribution is 0.0976. The van der Waals surface area contributed by atoms with Crippen LogP contribution in [0.15, 0.2) is 65.9 Å². The number of nitrogens with one attached hydrogen (secondary N) is 2. The molecular weight excluding hydrogens is 424 g/mol. The van der Waals surface area contributed by atoms with Gasteiger partial charge in [-0.3, -0.25) is 15.1 Å². The second kappa shape index (κ2) is 10.4. The average molecular weight is 448 g/mol. The number of methoxy groups -OCH3 is 2. The number of aromatic nitrogens is 1. The first-order valence-corrected chi connectivity index (χ1v) is 10.3. The van der Waals surface area contributed by atoms with Crippen LogP contribution in [-0.2, 0) is 6.54 Å². The number of rotatable bonds is 6. The van der Waals surface area contributed by atoms with Crippen molar-refractivity contribution in [2.45, 2.75) is 6.54 Å². The van der Waals surface area contributed by atoms with Crippen molar-refractivity contribution in [1.82, 2.24) is 10.3 Å². The molecule has 0 spiro atoms. The van der Waals surface area contributed by atoms with Crippen LogP contribution in [-0.4, -0.2) is 44.3 Å². The minimum Gasteiger partial charge on any atom is -0.497 e. The Hall–Kier alpha value is -4.27. The maximum Gasteiger partial charge on any atom is 0.258 e. The zero-order chi connectivity index (χ0) is 23.0. The van der Waals surface area contributed by atoms with Crippen LogP contribution < -0.4 is 29.6 Å². The van der Waals surface area contributed by atoms with Gasteiger partial charge in [0.1, 0.15) is 24.7 Å². The Morgan fingerprint density at radius 3 is 2.48 bits per heavy atom. The van der Waals surface area contributed by atoms with Crippen LogP contribution in [0.1, 0.15) is 15.9 Å². The Bertz CT molecular complexity index is 1130. The highest BCUT2D eigenvalue weighted by Gasteiger charge is 2.15. The summed E-state index contributed by atoms with van der Waals surface area (Å²) in [6, 6.07) is 14.1. The predicted octanol–water partition coefficient (Wildman–Crippen LogP) is 3.27. The molecule has 4 rings (SSSR count). The van der Waals surface area contributed by atoms with E-state index in [1.54, 1.807) is 36.7 Å². The summed E-state index contributed by atoms with van der Waals surface area (Å²) in [5.74, 6) is 2.21. The number of guanidine groups is 1. The van der Waals surface area contributed by atoms with Crippen LogP contribution in [0.2, 0.25) is 0 Å². The number of benzene rings is 2. The number of nitrogens with zero attached hydrogens (tertiary/aromatic N) is 2. The van der Waals surface area contributed by atoms with Crippen LogP contribution in [0.4, 0.5) is 5.69 Å². The fourth-order valence-electron chi connectivity index (χ4n) is 3.15. The van der Waals surface area contributed by atoms with Gasteiger partial charge in [-0.25, -0.2) is 4.99 Å². The van der Waals surface area contributed by atoms with Crippen molar-refractivity contribution in [3.63, 3.8) is 0 Å². The van der Waals surface area contributed by atoms with E-state index < -0.39 is 0 Å². The van der Waals surface area contributed by atoms with Crippen LogP contribution in [0.25, 0.3) is 0 Å². The van der Waals surface area contributed by atoms with Gasteiger partial charge in [0.25, 0.3) is 5.91 Å². The van der Waals surface area contributed by atoms with E-state index in [2.05, 4.69) is 20.6 Å². The fraction of sp³-hybridized carbons (Fsp3) is 0.208. The van der Waals surface area contributed by atoms with E-state index >= 15 is 0 Å². The molecule has 1 aromatic heterocycles. The molecule has 9 heteroatoms. The minimum atomic E-state index is -0.373. The van der Waals surface area contributed by atoms with E-state index in [0.717, 1.165) is 5.56 Å². The standard InChI is InChI=1S/C24H24N4O5/c1-30-19-10-17(11-20(13-19)31-2)23(29)28-24(26-15-16-4-3-7-25-14-16)27-18-5-6-21-22(12-18)33-9-8-32-21/h3-7,10-14H,8-9,15H2,1-2H3,(H2,26,27,28,29). The Kier molecular flexibility index (Phi) is 6.89. The molecule has 0 saturated carbocycles. The van der Waals surface area contributed by atoms with Crippen molar-refractivity contribution in [2.24, 2.45) is 4.99 Å². The number of carbonyl (C=O) groups is 1. The van der Waals surface area contributed by atoms with E-state index in [4.69, 9.17) is 18.9 Å². The van der Waals surface area contributed by atoms with E-state index in [0.29, 0.717) is 54.0 Å². The number of anilines is 1. The predicted molar refractivity (Wildman–Crippen MR) is 123 cm³/mol. The number of amides is 1. The SMILES string of the molecule is COc1cc(OC)cc(C(=O)NC(=NCc2cccnc2)Nc2ccc3c(c2)OCCO3)c1. The Labute approximate surface area is 191 Å². The summed E-state index contributed by atoms with van der Waals surface area (Å²) < 4.78 is 21.8. The summed E-state index contributed by atoms with van der Waals surface area (Å²) in [7, 11) is 3.06. The Morgan fingerprint density at radius 1 is 1.03 bits per heavy atom. The summed E-state index contributed by atoms with van der Waals surface area (Å²) in [6.45, 7) is 1.31. The molecule has 170 valence electrons. The molecule has 0 atom stereocenters. The minimum absolute atomic E-state index is 0.266. The Balaban J connectivity index is 1.58. The first-order chi connectivity index (χ1) is 16.1. The zero-order valence-corrected chi connectivity index (χ0v) is 18.3. The van der Waals surface area contributed by atoms with Crippen molar-refractivity contribution < 1.29 is 23.7 Å². The van der Waals surface area contributed by atoms with Gasteiger partial charge in [-0.2, -0.15) is 0 Å². The second-order valence-electron chi connectivity index (χ2n) is 7.07. The van der Waals surface area contributed by atoms with Crippen molar-refractivity contribution in [3.8, 4) is 23.0 Å². The van der Waals surface area contributed by atoms with Crippen molar-refractivity contribution >= 4 is 17.6 Å². The van der Waals surface area contributed by atoms with Crippen LogP contribution in [0.5, 0.6) is 23.0 Å². The maximum atomic E-state index is 13.0. The number of hydrogen-bond donors (Lipinski definition) is 2. The largest absolute Gasteiger partial charge is 0.497 e. The third kappa shape index (κ3) is 5.70. The molecule has 0 radical (unpaired) electrons. The first-order valence-electron chi connectivity index (χ1n) is 10.3. The lowest BCUT2D eigenvalue weighted by atomic mass is 10.2. The highest BCUT2D eigenvalue weighted by molar-refractivity contribution is 6.10. The monoisotopic (exact) mass is 448 g/mol. The van der Waals surface area contributed by atoms with Gasteiger partial charge in [0.15, 0.2) is 11.5 Å². The van der Waals surface area contributed by atoms with Gasteiger partial charge in [0.2, 0.25) is 5.96 Å². The van der Waals surface area contributed by atoms with E-state index in [1.807, 2.05) is 24.3 Å². The molecule has 2 aromatic carbocycles. The summed E-state index contributed by atoms with van der Waals surface area (Å²) in [4.78, 5) is 21.7. The van der Waals surface area contributed by atoms with Gasteiger partial charge in [0, 0.05) is 35.8 Å². The topological polar surface area (TPSA) is 103 Å². The van der Waals surface area contributed by atoms with E-state index in [9.17, 15) is 4.79 Å². The molecule has 0 aliphatic carbocycles. The third-order valence-corrected chi connectivity index (χ3v) is 4.79. The number of carbonyl (C=O) groups excluding carboxylic acids is 1. The summed E-state index contributed by atoms with van der Waals surface area (Å²) in [6.07, 6.45) is 3.42. The van der Waals surface area contributed by atoms with Crippen molar-refractivity contribution in [3.05, 3.63) is 72.1 Å². The van der Waals surface area contributed by atoms with Gasteiger partial charge < -0.3 is 24.3 Å². The molecule has 0 bridgehead atoms. The first kappa shape index (κ1) is 21.9. The van der Waals surface area contributed by atoms with E-state index in [1.165, 1.54) is 14.2 Å². The second-order valence-corrected chi connectivity index (χ2v) is 7.07. The van der Waals surface area contributed by atoms with Gasteiger partial charge in [0.05, 0.1) is 20.8 Å². The van der Waals surface area contributed by atoms with Crippen molar-refractivity contribution in [1.29, 1.82) is 0 Å². The summed E-state index contributed by atoms with van der Waals surface area (Å²) in [5.41, 5.74) is 1.95. The lowest BCUT2D eigenvalue weighted by Gasteiger charge is -2.19. The highest BCUT2D eigenvalue weighted by Crippen LogP contribution is 2.32. The Morgan fingerprint density at radius 2 is 1.79 bits per heavy atom. The van der Waals surface area contributed by atoms with Gasteiger partial charge in [-0.1, -0.05) is 6.07 Å². The molecule has 0 saturated heterocycles. The van der Waals surface area contributed by atoms with Crippen LogP contribution in [0, 0.1) is 0 Å². The van der Waals surface area contributed by atoms with Crippen molar-refractivity contribution in [2.75, 3.05) is 32.8 Å². The van der Waals surface area contributed by atoms with Crippen LogP contribution >= 0.6 is 0 Å². The quantitative estimate of drug-likeness (QED) is 0.441. The molecule has 1 amide bonds. The normalized spacial score (nSPS) is 12.6. The third-order valence-electron chi connectivity index (χ3n) is 4.79. The molecule has 1 aliphatic heterocycles. The fourth-order valence-corrected chi connectivity index (χ4v) is 3.15. The lowest BCUT2D eigenvalue weighted by Crippen LogP contribution is -2.36. The molecular formula is C24H24N4O5. The smallest absolute Gasteiger partial charge is 0.258 e. The molecule has 0 unspecified atom stereocenters. The number of hydrogen-bond acceptors (Lipinski definition) is 7. The maximum absolute atomic E-state index is 13.0. The number of pyridine rings is 1. The summed E-state index contributed by atoms with van der Waals surface area (Å²) in [5, 5.41) is 5.99. The summed E-state index contributed by atoms with van der Waals surface area (Å²) >= 11 is 0. The van der Waals surface area contributed by atoms with E-state index in [-0.39, 0.29) is 11.9 Å². The zero-order valence-electron chi connectivity index (χ0n) is 18.3. The molecule has 33 heavy (non-hydrogen) atoms. The molecule has 9 nitrogen and oxygen atoms in total. The van der Waals surface area contributed by atoms with Gasteiger partial charge >= 0.3 is 0 Å². The molecule has 2 N–H and O–H groups in total. The highest BCUT2D eigenvalue weighted by atomic mass is 16.6. The number of aliphatic imine (C=N–C) groups is 1. The van der Waals surface area contributed by atoms with Crippen LogP contribution in [0.3, 0.4) is 0 Å². The van der Waals surface area contributed by atoms with Gasteiger partial charge in [-0.05, 0) is 35.9 Å². The molecule has 0 fully saturated rings. The number of fused-ring (bicyclic) bond motifs is 1. The average Bonchev–Trinajstić information content (AvgIpc) is 2.87. The molecule has 3 aromatic rings. The molecule has 2 heterocycles.